The van der Waals surface area contributed by atoms with Crippen LogP contribution in [0.15, 0.2) is 23.3 Å². The van der Waals surface area contributed by atoms with E-state index < -0.39 is 0 Å². The Hall–Kier alpha value is -1.38. The van der Waals surface area contributed by atoms with Crippen molar-refractivity contribution in [1.29, 1.82) is 0 Å². The second-order valence-corrected chi connectivity index (χ2v) is 6.40. The minimum atomic E-state index is -0.278. The molecule has 0 aliphatic rings. The van der Waals surface area contributed by atoms with Crippen LogP contribution in [0.25, 0.3) is 0 Å². The molecule has 0 atom stereocenters. The van der Waals surface area contributed by atoms with Gasteiger partial charge < -0.3 is 4.74 Å². The normalized spacial score (nSPS) is 11.2. The molecule has 0 heterocycles. The Morgan fingerprint density at radius 1 is 0.870 bits per heavy atom. The summed E-state index contributed by atoms with van der Waals surface area (Å²) in [7, 11) is 0. The minimum Gasteiger partial charge on any atom is -0.461 e. The maximum atomic E-state index is 11.6. The predicted molar refractivity (Wildman–Crippen MR) is 96.4 cm³/mol. The second-order valence-electron chi connectivity index (χ2n) is 6.40. The van der Waals surface area contributed by atoms with Gasteiger partial charge in [-0.05, 0) is 46.1 Å². The Labute approximate surface area is 142 Å². The molecular formula is C20H34O3. The van der Waals surface area contributed by atoms with Gasteiger partial charge in [-0.3, -0.25) is 9.59 Å². The maximum absolute atomic E-state index is 11.6. The SMILES string of the molecule is CCCCCCC(=O)CCC(=O)OC/C=C(\C)CCC=C(C)C. The average Bonchev–Trinajstić information content (AvgIpc) is 2.49. The second kappa shape index (κ2) is 14.2. The van der Waals surface area contributed by atoms with Gasteiger partial charge >= 0.3 is 5.97 Å². The van der Waals surface area contributed by atoms with E-state index in [1.165, 1.54) is 24.0 Å². The van der Waals surface area contributed by atoms with Gasteiger partial charge in [0.15, 0.2) is 0 Å². The van der Waals surface area contributed by atoms with Gasteiger partial charge in [0, 0.05) is 12.8 Å². The van der Waals surface area contributed by atoms with Gasteiger partial charge in [0.25, 0.3) is 0 Å². The molecule has 0 amide bonds. The quantitative estimate of drug-likeness (QED) is 0.254. The zero-order chi connectivity index (χ0) is 17.5. The lowest BCUT2D eigenvalue weighted by Crippen LogP contribution is -2.08. The molecule has 0 rings (SSSR count). The lowest BCUT2D eigenvalue weighted by atomic mass is 10.1. The first-order valence-electron chi connectivity index (χ1n) is 8.92. The number of allylic oxidation sites excluding steroid dienone is 3. The van der Waals surface area contributed by atoms with Crippen LogP contribution in [0.1, 0.15) is 85.5 Å². The molecule has 0 aromatic carbocycles. The molecule has 0 aromatic heterocycles. The molecule has 0 spiro atoms. The minimum absolute atomic E-state index is 0.173. The highest BCUT2D eigenvalue weighted by atomic mass is 16.5. The van der Waals surface area contributed by atoms with Gasteiger partial charge in [0.05, 0.1) is 6.42 Å². The zero-order valence-corrected chi connectivity index (χ0v) is 15.5. The van der Waals surface area contributed by atoms with Crippen LogP contribution in [0.5, 0.6) is 0 Å². The van der Waals surface area contributed by atoms with Gasteiger partial charge in [-0.2, -0.15) is 0 Å². The summed E-state index contributed by atoms with van der Waals surface area (Å²) in [5.41, 5.74) is 2.55. The van der Waals surface area contributed by atoms with Crippen LogP contribution in [-0.4, -0.2) is 18.4 Å². The lowest BCUT2D eigenvalue weighted by molar-refractivity contribution is -0.143. The number of hydrogen-bond donors (Lipinski definition) is 0. The summed E-state index contributed by atoms with van der Waals surface area (Å²) in [4.78, 5) is 23.2. The van der Waals surface area contributed by atoms with Crippen molar-refractivity contribution in [3.05, 3.63) is 23.3 Å². The Bertz CT molecular complexity index is 401. The average molecular weight is 322 g/mol. The van der Waals surface area contributed by atoms with Crippen LogP contribution in [0, 0.1) is 0 Å². The zero-order valence-electron chi connectivity index (χ0n) is 15.5. The first-order chi connectivity index (χ1) is 11.0. The smallest absolute Gasteiger partial charge is 0.306 e. The molecule has 3 nitrogen and oxygen atoms in total. The maximum Gasteiger partial charge on any atom is 0.306 e. The van der Waals surface area contributed by atoms with Crippen LogP contribution in [0.3, 0.4) is 0 Å². The number of ether oxygens (including phenoxy) is 1. The molecule has 23 heavy (non-hydrogen) atoms. The number of rotatable bonds is 13. The summed E-state index contributed by atoms with van der Waals surface area (Å²) in [5, 5.41) is 0. The number of esters is 1. The topological polar surface area (TPSA) is 43.4 Å². The summed E-state index contributed by atoms with van der Waals surface area (Å²) in [6, 6.07) is 0. The number of ketones is 1. The molecule has 0 saturated carbocycles. The highest BCUT2D eigenvalue weighted by molar-refractivity contribution is 5.82. The molecule has 0 unspecified atom stereocenters. The van der Waals surface area contributed by atoms with Crippen LogP contribution in [0.2, 0.25) is 0 Å². The van der Waals surface area contributed by atoms with Crippen molar-refractivity contribution in [1.82, 2.24) is 0 Å². The Morgan fingerprint density at radius 3 is 2.26 bits per heavy atom. The van der Waals surface area contributed by atoms with E-state index in [1.54, 1.807) is 0 Å². The van der Waals surface area contributed by atoms with Gasteiger partial charge in [0.2, 0.25) is 0 Å². The fourth-order valence-corrected chi connectivity index (χ4v) is 2.16. The number of carbonyl (C=O) groups is 2. The standard InChI is InChI=1S/C20H34O3/c1-5-6-7-8-12-19(21)13-14-20(22)23-16-15-18(4)11-9-10-17(2)3/h10,15H,5-9,11-14,16H2,1-4H3/b18-15+. The van der Waals surface area contributed by atoms with Crippen molar-refractivity contribution >= 4 is 11.8 Å². The van der Waals surface area contributed by atoms with Crippen LogP contribution in [0.4, 0.5) is 0 Å². The number of unbranched alkanes of at least 4 members (excludes halogenated alkanes) is 3. The fraction of sp³-hybridized carbons (Fsp3) is 0.700. The van der Waals surface area contributed by atoms with E-state index in [4.69, 9.17) is 4.74 Å². The summed E-state index contributed by atoms with van der Waals surface area (Å²) >= 11 is 0. The largest absolute Gasteiger partial charge is 0.461 e. The van der Waals surface area contributed by atoms with E-state index in [9.17, 15) is 9.59 Å². The van der Waals surface area contributed by atoms with Crippen molar-refractivity contribution in [3.63, 3.8) is 0 Å². The Balaban J connectivity index is 3.73. The number of carbonyl (C=O) groups excluding carboxylic acids is 2. The fourth-order valence-electron chi connectivity index (χ4n) is 2.16. The van der Waals surface area contributed by atoms with Crippen molar-refractivity contribution in [2.45, 2.75) is 85.5 Å². The molecule has 0 aliphatic carbocycles. The molecule has 0 bridgehead atoms. The summed E-state index contributed by atoms with van der Waals surface area (Å²) in [5.74, 6) is -0.105. The molecule has 0 fully saturated rings. The third-order valence-corrected chi connectivity index (χ3v) is 3.68. The molecular weight excluding hydrogens is 288 g/mol. The highest BCUT2D eigenvalue weighted by Crippen LogP contribution is 2.08. The van der Waals surface area contributed by atoms with E-state index >= 15 is 0 Å². The molecule has 0 radical (unpaired) electrons. The van der Waals surface area contributed by atoms with Crippen molar-refractivity contribution in [2.75, 3.05) is 6.61 Å². The van der Waals surface area contributed by atoms with E-state index in [0.717, 1.165) is 25.7 Å². The van der Waals surface area contributed by atoms with Crippen molar-refractivity contribution in [3.8, 4) is 0 Å². The van der Waals surface area contributed by atoms with E-state index in [-0.39, 0.29) is 18.2 Å². The third-order valence-electron chi connectivity index (χ3n) is 3.68. The van der Waals surface area contributed by atoms with Gasteiger partial charge in [-0.25, -0.2) is 0 Å². The predicted octanol–water partition coefficient (Wildman–Crippen LogP) is 5.54. The van der Waals surface area contributed by atoms with Crippen LogP contribution >= 0.6 is 0 Å². The highest BCUT2D eigenvalue weighted by Gasteiger charge is 2.07. The lowest BCUT2D eigenvalue weighted by Gasteiger charge is -2.04. The summed E-state index contributed by atoms with van der Waals surface area (Å²) in [6.45, 7) is 8.68. The summed E-state index contributed by atoms with van der Waals surface area (Å²) in [6.07, 6.45) is 11.7. The number of Topliss-reactive ketones (excluding diaryl/α,β-unsaturated/α-hetero) is 1. The number of hydrogen-bond acceptors (Lipinski definition) is 3. The van der Waals surface area contributed by atoms with Crippen LogP contribution < -0.4 is 0 Å². The first-order valence-corrected chi connectivity index (χ1v) is 8.92. The van der Waals surface area contributed by atoms with Gasteiger partial charge in [-0.1, -0.05) is 43.4 Å². The molecule has 0 aromatic rings. The third kappa shape index (κ3) is 15.3. The molecule has 0 N–H and O–H groups in total. The molecule has 0 aliphatic heterocycles. The van der Waals surface area contributed by atoms with Crippen molar-refractivity contribution < 1.29 is 14.3 Å². The first kappa shape index (κ1) is 21.6. The molecule has 132 valence electrons. The van der Waals surface area contributed by atoms with Gasteiger partial charge in [-0.15, -0.1) is 0 Å². The Kier molecular flexibility index (Phi) is 13.4. The van der Waals surface area contributed by atoms with Crippen LogP contribution in [-0.2, 0) is 14.3 Å². The molecule has 3 heteroatoms. The van der Waals surface area contributed by atoms with E-state index in [0.29, 0.717) is 19.4 Å². The molecule has 0 saturated heterocycles. The van der Waals surface area contributed by atoms with Crippen molar-refractivity contribution in [2.24, 2.45) is 0 Å². The monoisotopic (exact) mass is 322 g/mol. The Morgan fingerprint density at radius 2 is 1.61 bits per heavy atom. The summed E-state index contributed by atoms with van der Waals surface area (Å²) < 4.78 is 5.15. The van der Waals surface area contributed by atoms with E-state index in [2.05, 4.69) is 26.8 Å². The van der Waals surface area contributed by atoms with E-state index in [1.807, 2.05) is 13.0 Å². The van der Waals surface area contributed by atoms with Gasteiger partial charge in [0.1, 0.15) is 12.4 Å².